The third-order valence-corrected chi connectivity index (χ3v) is 3.26. The van der Waals surface area contributed by atoms with Crippen LogP contribution in [0.2, 0.25) is 0 Å². The molecule has 0 aliphatic heterocycles. The number of carbonyl (C=O) groups excluding carboxylic acids is 2. The predicted molar refractivity (Wildman–Crippen MR) is 66.7 cm³/mol. The van der Waals surface area contributed by atoms with Gasteiger partial charge in [-0.1, -0.05) is 40.5 Å². The first kappa shape index (κ1) is 12.9. The number of hydrogen-bond acceptors (Lipinski definition) is 2. The first-order valence-corrected chi connectivity index (χ1v) is 6.02. The van der Waals surface area contributed by atoms with Gasteiger partial charge in [0.25, 0.3) is 5.91 Å². The fraction of sp³-hybridized carbons (Fsp3) is 0.333. The second kappa shape index (κ2) is 5.80. The van der Waals surface area contributed by atoms with Crippen molar-refractivity contribution in [3.8, 4) is 0 Å². The van der Waals surface area contributed by atoms with Crippen LogP contribution in [0.1, 0.15) is 29.3 Å². The molecule has 0 aliphatic carbocycles. The number of carbonyl (C=O) groups is 2. The largest absolute Gasteiger partial charge is 0.291 e. The number of hydrogen-bond donors (Lipinski definition) is 1. The van der Waals surface area contributed by atoms with E-state index in [1.165, 1.54) is 0 Å². The molecule has 1 aromatic carbocycles. The molecule has 0 saturated carbocycles. The zero-order valence-corrected chi connectivity index (χ0v) is 10.9. The van der Waals surface area contributed by atoms with Crippen molar-refractivity contribution in [1.29, 1.82) is 0 Å². The molecule has 86 valence electrons. The van der Waals surface area contributed by atoms with Gasteiger partial charge in [0.1, 0.15) is 0 Å². The Balaban J connectivity index is 2.66. The average Bonchev–Trinajstić information content (AvgIpc) is 2.28. The van der Waals surface area contributed by atoms with E-state index < -0.39 is 0 Å². The molecule has 0 bridgehead atoms. The van der Waals surface area contributed by atoms with Crippen LogP contribution in [-0.4, -0.2) is 16.6 Å². The maximum absolute atomic E-state index is 11.6. The topological polar surface area (TPSA) is 46.2 Å². The number of imide groups is 1. The Morgan fingerprint density at radius 3 is 2.38 bits per heavy atom. The van der Waals surface area contributed by atoms with E-state index in [0.717, 1.165) is 5.56 Å². The molecule has 4 heteroatoms. The van der Waals surface area contributed by atoms with E-state index in [9.17, 15) is 9.59 Å². The van der Waals surface area contributed by atoms with Gasteiger partial charge in [0, 0.05) is 5.56 Å². The Labute approximate surface area is 103 Å². The lowest BCUT2D eigenvalue weighted by molar-refractivity contribution is -0.119. The summed E-state index contributed by atoms with van der Waals surface area (Å²) in [6, 6.07) is 7.08. The standard InChI is InChI=1S/C12H14BrNO2/c1-3-10(13)12(16)14-11(15)9-6-4-8(2)5-7-9/h4-7,10H,3H2,1-2H3,(H,14,15,16). The molecule has 1 rings (SSSR count). The van der Waals surface area contributed by atoms with Gasteiger partial charge in [0.2, 0.25) is 5.91 Å². The van der Waals surface area contributed by atoms with Crippen molar-refractivity contribution in [3.63, 3.8) is 0 Å². The summed E-state index contributed by atoms with van der Waals surface area (Å²) >= 11 is 3.19. The van der Waals surface area contributed by atoms with Gasteiger partial charge in [-0.3, -0.25) is 14.9 Å². The maximum atomic E-state index is 11.6. The van der Waals surface area contributed by atoms with Crippen molar-refractivity contribution in [1.82, 2.24) is 5.32 Å². The highest BCUT2D eigenvalue weighted by molar-refractivity contribution is 9.10. The SMILES string of the molecule is CCC(Br)C(=O)NC(=O)c1ccc(C)cc1. The summed E-state index contributed by atoms with van der Waals surface area (Å²) in [6.45, 7) is 3.81. The Morgan fingerprint density at radius 2 is 1.88 bits per heavy atom. The molecule has 0 spiro atoms. The number of alkyl halides is 1. The van der Waals surface area contributed by atoms with Crippen molar-refractivity contribution in [2.75, 3.05) is 0 Å². The van der Waals surface area contributed by atoms with E-state index in [1.807, 2.05) is 26.0 Å². The van der Waals surface area contributed by atoms with Crippen molar-refractivity contribution in [2.24, 2.45) is 0 Å². The first-order valence-electron chi connectivity index (χ1n) is 5.10. The van der Waals surface area contributed by atoms with Gasteiger partial charge < -0.3 is 0 Å². The number of nitrogens with one attached hydrogen (secondary N) is 1. The van der Waals surface area contributed by atoms with Crippen LogP contribution in [0.3, 0.4) is 0 Å². The van der Waals surface area contributed by atoms with Crippen molar-refractivity contribution in [2.45, 2.75) is 25.1 Å². The van der Waals surface area contributed by atoms with Gasteiger partial charge in [-0.05, 0) is 25.5 Å². The van der Waals surface area contributed by atoms with Gasteiger partial charge in [0.15, 0.2) is 0 Å². The number of aryl methyl sites for hydroxylation is 1. The van der Waals surface area contributed by atoms with Crippen LogP contribution in [0.25, 0.3) is 0 Å². The summed E-state index contributed by atoms with van der Waals surface area (Å²) in [7, 11) is 0. The highest BCUT2D eigenvalue weighted by atomic mass is 79.9. The molecule has 1 atom stereocenters. The molecular formula is C12H14BrNO2. The lowest BCUT2D eigenvalue weighted by atomic mass is 10.1. The van der Waals surface area contributed by atoms with Crippen LogP contribution in [0.4, 0.5) is 0 Å². The smallest absolute Gasteiger partial charge is 0.257 e. The number of halogens is 1. The molecular weight excluding hydrogens is 270 g/mol. The minimum Gasteiger partial charge on any atom is -0.291 e. The Morgan fingerprint density at radius 1 is 1.31 bits per heavy atom. The van der Waals surface area contributed by atoms with Gasteiger partial charge in [0.05, 0.1) is 4.83 Å². The van der Waals surface area contributed by atoms with Gasteiger partial charge in [-0.2, -0.15) is 0 Å². The predicted octanol–water partition coefficient (Wildman–Crippen LogP) is 2.42. The van der Waals surface area contributed by atoms with Gasteiger partial charge in [-0.15, -0.1) is 0 Å². The zero-order chi connectivity index (χ0) is 12.1. The fourth-order valence-electron chi connectivity index (χ4n) is 1.15. The Bertz CT molecular complexity index is 387. The van der Waals surface area contributed by atoms with E-state index in [4.69, 9.17) is 0 Å². The molecule has 0 saturated heterocycles. The second-order valence-electron chi connectivity index (χ2n) is 3.56. The second-order valence-corrected chi connectivity index (χ2v) is 4.67. The summed E-state index contributed by atoms with van der Waals surface area (Å²) < 4.78 is 0. The minimum atomic E-state index is -0.358. The van der Waals surface area contributed by atoms with E-state index in [2.05, 4.69) is 21.2 Å². The lowest BCUT2D eigenvalue weighted by Gasteiger charge is -2.07. The lowest BCUT2D eigenvalue weighted by Crippen LogP contribution is -2.35. The molecule has 0 fully saturated rings. The van der Waals surface area contributed by atoms with Crippen LogP contribution in [0.5, 0.6) is 0 Å². The summed E-state index contributed by atoms with van der Waals surface area (Å²) in [4.78, 5) is 22.8. The summed E-state index contributed by atoms with van der Waals surface area (Å²) in [6.07, 6.45) is 0.646. The molecule has 0 aromatic heterocycles. The fourth-order valence-corrected chi connectivity index (χ4v) is 1.27. The molecule has 0 radical (unpaired) electrons. The quantitative estimate of drug-likeness (QED) is 0.866. The molecule has 1 unspecified atom stereocenters. The van der Waals surface area contributed by atoms with E-state index >= 15 is 0 Å². The average molecular weight is 284 g/mol. The van der Waals surface area contributed by atoms with Crippen LogP contribution in [0, 0.1) is 6.92 Å². The molecule has 0 aliphatic rings. The van der Waals surface area contributed by atoms with Crippen molar-refractivity contribution in [3.05, 3.63) is 35.4 Å². The molecule has 2 amide bonds. The monoisotopic (exact) mass is 283 g/mol. The number of amides is 2. The first-order chi connectivity index (χ1) is 7.54. The molecule has 16 heavy (non-hydrogen) atoms. The number of rotatable bonds is 3. The van der Waals surface area contributed by atoms with E-state index in [-0.39, 0.29) is 16.6 Å². The van der Waals surface area contributed by atoms with Gasteiger partial charge in [-0.25, -0.2) is 0 Å². The summed E-state index contributed by atoms with van der Waals surface area (Å²) in [5.41, 5.74) is 1.57. The molecule has 1 aromatic rings. The van der Waals surface area contributed by atoms with Crippen molar-refractivity contribution >= 4 is 27.7 Å². The molecule has 0 heterocycles. The highest BCUT2D eigenvalue weighted by Gasteiger charge is 2.16. The molecule has 1 N–H and O–H groups in total. The van der Waals surface area contributed by atoms with E-state index in [1.54, 1.807) is 12.1 Å². The summed E-state index contributed by atoms with van der Waals surface area (Å²) in [5.74, 6) is -0.657. The normalized spacial score (nSPS) is 11.9. The van der Waals surface area contributed by atoms with Crippen LogP contribution in [0.15, 0.2) is 24.3 Å². The third kappa shape index (κ3) is 3.45. The van der Waals surface area contributed by atoms with Crippen LogP contribution < -0.4 is 5.32 Å². The third-order valence-electron chi connectivity index (χ3n) is 2.19. The zero-order valence-electron chi connectivity index (χ0n) is 9.29. The summed E-state index contributed by atoms with van der Waals surface area (Å²) in [5, 5.41) is 2.34. The van der Waals surface area contributed by atoms with Crippen LogP contribution >= 0.6 is 15.9 Å². The maximum Gasteiger partial charge on any atom is 0.257 e. The molecule has 3 nitrogen and oxygen atoms in total. The van der Waals surface area contributed by atoms with Crippen molar-refractivity contribution < 1.29 is 9.59 Å². The highest BCUT2D eigenvalue weighted by Crippen LogP contribution is 2.06. The van der Waals surface area contributed by atoms with E-state index in [0.29, 0.717) is 12.0 Å². The van der Waals surface area contributed by atoms with Gasteiger partial charge >= 0.3 is 0 Å². The van der Waals surface area contributed by atoms with Crippen LogP contribution in [-0.2, 0) is 4.79 Å². The number of benzene rings is 1. The Kier molecular flexibility index (Phi) is 4.68. The Hall–Kier alpha value is -1.16. The minimum absolute atomic E-state index is 0.298.